The van der Waals surface area contributed by atoms with Gasteiger partial charge in [0.2, 0.25) is 5.82 Å². The highest BCUT2D eigenvalue weighted by atomic mass is 35.5. The Kier molecular flexibility index (Phi) is 8.31. The Hall–Kier alpha value is -3.16. The molecule has 2 fully saturated rings. The Labute approximate surface area is 238 Å². The molecule has 0 saturated carbocycles. The molecule has 5 rings (SSSR count). The van der Waals surface area contributed by atoms with Gasteiger partial charge in [-0.2, -0.15) is 13.2 Å². The Balaban J connectivity index is 1.38. The molecule has 14 heteroatoms. The average Bonchev–Trinajstić information content (AvgIpc) is 2.93. The number of aromatic nitrogens is 3. The van der Waals surface area contributed by atoms with Crippen molar-refractivity contribution in [3.8, 4) is 0 Å². The molecule has 3 aromatic rings. The van der Waals surface area contributed by atoms with E-state index in [1.54, 1.807) is 23.1 Å². The normalized spacial score (nSPS) is 20.7. The summed E-state index contributed by atoms with van der Waals surface area (Å²) >= 11 is 6.44. The number of hydrogen-bond acceptors (Lipinski definition) is 7. The van der Waals surface area contributed by atoms with E-state index in [9.17, 15) is 26.7 Å². The lowest BCUT2D eigenvalue weighted by molar-refractivity contribution is -0.145. The number of nitrogens with zero attached hydrogens (tertiary/aromatic N) is 5. The number of pyridine rings is 1. The third-order valence-corrected chi connectivity index (χ3v) is 7.87. The molecule has 220 valence electrons. The highest BCUT2D eigenvalue weighted by Gasteiger charge is 2.38. The number of hydrogen-bond donors (Lipinski definition) is 2. The number of fused-ring (bicyclic) bond motifs is 1. The van der Waals surface area contributed by atoms with E-state index in [1.165, 1.54) is 0 Å². The highest BCUT2D eigenvalue weighted by molar-refractivity contribution is 6.35. The van der Waals surface area contributed by atoms with E-state index in [-0.39, 0.29) is 41.8 Å². The Bertz CT molecular complexity index is 1400. The maximum atomic E-state index is 13.8. The standard InChI is InChI=1S/C27H29ClF5N7O/c28-19-4-5-20-18(3-6-22(38-20)40-9-1-2-17(34)15-40)23(19)24(41)35-14-21(39-10-7-26(29,30)8-11-39)16-12-36-25(37-13-16)27(31,32)33/h3-6,12-13,17,21H,1-2,7-11,14-15,34H2,(H,35,41)/t17-,21?/m1/s1. The number of anilines is 1. The smallest absolute Gasteiger partial charge is 0.355 e. The van der Waals surface area contributed by atoms with Crippen molar-refractivity contribution in [2.75, 3.05) is 37.6 Å². The number of carbonyl (C=O) groups excluding carboxylic acids is 1. The molecule has 8 nitrogen and oxygen atoms in total. The van der Waals surface area contributed by atoms with Gasteiger partial charge in [0.1, 0.15) is 5.82 Å². The molecule has 41 heavy (non-hydrogen) atoms. The topological polar surface area (TPSA) is 100 Å². The molecular formula is C27H29ClF5N7O. The van der Waals surface area contributed by atoms with Gasteiger partial charge in [0.05, 0.1) is 22.1 Å². The summed E-state index contributed by atoms with van der Waals surface area (Å²) in [5.74, 6) is -3.93. The van der Waals surface area contributed by atoms with Crippen LogP contribution in [0.5, 0.6) is 0 Å². The van der Waals surface area contributed by atoms with Gasteiger partial charge in [-0.15, -0.1) is 0 Å². The second kappa shape index (κ2) is 11.6. The maximum Gasteiger partial charge on any atom is 0.451 e. The summed E-state index contributed by atoms with van der Waals surface area (Å²) in [5.41, 5.74) is 7.12. The first-order valence-electron chi connectivity index (χ1n) is 13.3. The molecule has 4 heterocycles. The molecule has 2 atom stereocenters. The minimum Gasteiger partial charge on any atom is -0.355 e. The number of carbonyl (C=O) groups is 1. The van der Waals surface area contributed by atoms with Crippen LogP contribution in [0.2, 0.25) is 5.02 Å². The first-order chi connectivity index (χ1) is 19.4. The number of halogens is 6. The van der Waals surface area contributed by atoms with Crippen molar-refractivity contribution in [2.45, 2.75) is 49.9 Å². The van der Waals surface area contributed by atoms with Crippen LogP contribution in [0, 0.1) is 0 Å². The predicted molar refractivity (Wildman–Crippen MR) is 144 cm³/mol. The number of amides is 1. The molecule has 2 aliphatic rings. The molecule has 0 radical (unpaired) electrons. The van der Waals surface area contributed by atoms with Crippen LogP contribution in [0.15, 0.2) is 36.7 Å². The van der Waals surface area contributed by atoms with Crippen molar-refractivity contribution >= 4 is 34.2 Å². The van der Waals surface area contributed by atoms with Crippen LogP contribution in [0.25, 0.3) is 10.9 Å². The molecule has 2 aliphatic heterocycles. The quantitative estimate of drug-likeness (QED) is 0.393. The fourth-order valence-corrected chi connectivity index (χ4v) is 5.60. The lowest BCUT2D eigenvalue weighted by Crippen LogP contribution is -2.45. The van der Waals surface area contributed by atoms with E-state index in [2.05, 4.69) is 20.2 Å². The SMILES string of the molecule is N[C@@H]1CCCN(c2ccc3c(C(=O)NCC(c4cnc(C(F)(F)F)nc4)N4CCC(F)(F)CC4)c(Cl)ccc3n2)C1. The molecule has 2 saturated heterocycles. The average molecular weight is 598 g/mol. The monoisotopic (exact) mass is 597 g/mol. The molecule has 3 N–H and O–H groups in total. The van der Waals surface area contributed by atoms with Crippen molar-refractivity contribution in [1.29, 1.82) is 0 Å². The fraction of sp³-hybridized carbons (Fsp3) is 0.481. The molecule has 2 aromatic heterocycles. The van der Waals surface area contributed by atoms with Gasteiger partial charge in [0.25, 0.3) is 11.8 Å². The number of likely N-dealkylation sites (tertiary alicyclic amines) is 1. The van der Waals surface area contributed by atoms with Gasteiger partial charge < -0.3 is 16.0 Å². The van der Waals surface area contributed by atoms with Crippen LogP contribution in [-0.4, -0.2) is 70.4 Å². The van der Waals surface area contributed by atoms with Crippen molar-refractivity contribution in [3.63, 3.8) is 0 Å². The third kappa shape index (κ3) is 6.68. The van der Waals surface area contributed by atoms with E-state index < -0.39 is 42.7 Å². The minimum absolute atomic E-state index is 0.0174. The molecular weight excluding hydrogens is 569 g/mol. The largest absolute Gasteiger partial charge is 0.451 e. The van der Waals surface area contributed by atoms with Gasteiger partial charge in [-0.05, 0) is 37.1 Å². The van der Waals surface area contributed by atoms with Crippen molar-refractivity contribution in [1.82, 2.24) is 25.2 Å². The summed E-state index contributed by atoms with van der Waals surface area (Å²) in [6.07, 6.45) is -1.62. The summed E-state index contributed by atoms with van der Waals surface area (Å²) < 4.78 is 66.7. The second-order valence-corrected chi connectivity index (χ2v) is 10.9. The maximum absolute atomic E-state index is 13.8. The molecule has 1 aromatic carbocycles. The van der Waals surface area contributed by atoms with Crippen molar-refractivity contribution < 1.29 is 26.7 Å². The zero-order valence-corrected chi connectivity index (χ0v) is 22.7. The minimum atomic E-state index is -4.73. The molecule has 1 amide bonds. The number of nitrogens with two attached hydrogens (primary N) is 1. The van der Waals surface area contributed by atoms with Crippen LogP contribution >= 0.6 is 11.6 Å². The molecule has 0 aliphatic carbocycles. The number of piperidine rings is 2. The summed E-state index contributed by atoms with van der Waals surface area (Å²) in [7, 11) is 0. The van der Waals surface area contributed by atoms with Gasteiger partial charge in [0.15, 0.2) is 0 Å². The zero-order chi connectivity index (χ0) is 29.4. The summed E-state index contributed by atoms with van der Waals surface area (Å²) in [6.45, 7) is 1.37. The van der Waals surface area contributed by atoms with Gasteiger partial charge in [0, 0.05) is 75.0 Å². The van der Waals surface area contributed by atoms with Crippen LogP contribution in [0.1, 0.15) is 53.5 Å². The van der Waals surface area contributed by atoms with E-state index in [1.807, 2.05) is 6.07 Å². The summed E-state index contributed by atoms with van der Waals surface area (Å²) in [5, 5.41) is 3.50. The third-order valence-electron chi connectivity index (χ3n) is 7.55. The lowest BCUT2D eigenvalue weighted by Gasteiger charge is -2.37. The fourth-order valence-electron chi connectivity index (χ4n) is 5.35. The summed E-state index contributed by atoms with van der Waals surface area (Å²) in [4.78, 5) is 28.8. The van der Waals surface area contributed by atoms with Crippen LogP contribution in [0.3, 0.4) is 0 Å². The van der Waals surface area contributed by atoms with Gasteiger partial charge in [-0.25, -0.2) is 23.7 Å². The van der Waals surface area contributed by atoms with Gasteiger partial charge in [-0.3, -0.25) is 9.69 Å². The van der Waals surface area contributed by atoms with Crippen LogP contribution < -0.4 is 16.0 Å². The van der Waals surface area contributed by atoms with Crippen molar-refractivity contribution in [3.05, 3.63) is 58.6 Å². The van der Waals surface area contributed by atoms with E-state index in [0.29, 0.717) is 17.4 Å². The van der Waals surface area contributed by atoms with Gasteiger partial charge >= 0.3 is 6.18 Å². The number of nitrogens with one attached hydrogen (secondary N) is 1. The zero-order valence-electron chi connectivity index (χ0n) is 22.0. The highest BCUT2D eigenvalue weighted by Crippen LogP contribution is 2.33. The van der Waals surface area contributed by atoms with Crippen LogP contribution in [-0.2, 0) is 6.18 Å². The Morgan fingerprint density at radius 2 is 1.83 bits per heavy atom. The first kappa shape index (κ1) is 29.3. The molecule has 0 spiro atoms. The first-order valence-corrected chi connectivity index (χ1v) is 13.7. The van der Waals surface area contributed by atoms with E-state index in [0.717, 1.165) is 37.6 Å². The van der Waals surface area contributed by atoms with Crippen LogP contribution in [0.4, 0.5) is 27.8 Å². The molecule has 0 bridgehead atoms. The lowest BCUT2D eigenvalue weighted by atomic mass is 10.0. The number of alkyl halides is 5. The van der Waals surface area contributed by atoms with Gasteiger partial charge in [-0.1, -0.05) is 11.6 Å². The van der Waals surface area contributed by atoms with E-state index >= 15 is 0 Å². The molecule has 1 unspecified atom stereocenters. The summed E-state index contributed by atoms with van der Waals surface area (Å²) in [6, 6.07) is 6.20. The second-order valence-electron chi connectivity index (χ2n) is 10.5. The van der Waals surface area contributed by atoms with E-state index in [4.69, 9.17) is 22.3 Å². The number of rotatable bonds is 6. The predicted octanol–water partition coefficient (Wildman–Crippen LogP) is 4.83. The Morgan fingerprint density at radius 3 is 2.49 bits per heavy atom. The Morgan fingerprint density at radius 1 is 1.12 bits per heavy atom. The number of benzene rings is 1. The van der Waals surface area contributed by atoms with Crippen molar-refractivity contribution in [2.24, 2.45) is 5.73 Å².